The summed E-state index contributed by atoms with van der Waals surface area (Å²) in [6.45, 7) is 1.98. The van der Waals surface area contributed by atoms with E-state index >= 15 is 0 Å². The number of aliphatic hydroxyl groups is 1. The van der Waals surface area contributed by atoms with Gasteiger partial charge in [-0.3, -0.25) is 9.89 Å². The summed E-state index contributed by atoms with van der Waals surface area (Å²) < 4.78 is 0. The Bertz CT molecular complexity index is 619. The summed E-state index contributed by atoms with van der Waals surface area (Å²) in [6.07, 6.45) is 3.96. The van der Waals surface area contributed by atoms with E-state index in [9.17, 15) is 9.90 Å². The highest BCUT2D eigenvalue weighted by molar-refractivity contribution is 5.97. The molecule has 1 aromatic heterocycles. The molecular weight excluding hydrogens is 268 g/mol. The Morgan fingerprint density at radius 3 is 3.14 bits per heavy atom. The zero-order valence-corrected chi connectivity index (χ0v) is 11.9. The summed E-state index contributed by atoms with van der Waals surface area (Å²) >= 11 is 0. The highest BCUT2D eigenvalue weighted by Crippen LogP contribution is 2.15. The summed E-state index contributed by atoms with van der Waals surface area (Å²) in [5, 5.41) is 20.4. The third kappa shape index (κ3) is 3.06. The van der Waals surface area contributed by atoms with Crippen LogP contribution in [0.2, 0.25) is 0 Å². The lowest BCUT2D eigenvalue weighted by molar-refractivity contribution is 0.0706. The van der Waals surface area contributed by atoms with Gasteiger partial charge in [-0.05, 0) is 31.5 Å². The molecule has 1 aliphatic heterocycles. The fourth-order valence-corrected chi connectivity index (χ4v) is 2.83. The highest BCUT2D eigenvalue weighted by Gasteiger charge is 2.22. The lowest BCUT2D eigenvalue weighted by atomic mass is 10.1. The van der Waals surface area contributed by atoms with Gasteiger partial charge in [0, 0.05) is 30.1 Å². The maximum atomic E-state index is 12.6. The van der Waals surface area contributed by atoms with Crippen molar-refractivity contribution in [2.45, 2.75) is 18.9 Å². The van der Waals surface area contributed by atoms with Crippen molar-refractivity contribution in [3.05, 3.63) is 30.0 Å². The maximum absolute atomic E-state index is 12.6. The quantitative estimate of drug-likeness (QED) is 0.758. The molecule has 3 rings (SSSR count). The van der Waals surface area contributed by atoms with Gasteiger partial charge in [-0.15, -0.1) is 0 Å². The van der Waals surface area contributed by atoms with Crippen LogP contribution in [0.15, 0.2) is 24.4 Å². The first-order chi connectivity index (χ1) is 10.3. The van der Waals surface area contributed by atoms with Gasteiger partial charge in [-0.1, -0.05) is 6.07 Å². The number of carbonyl (C=O) groups excluding carboxylic acids is 1. The van der Waals surface area contributed by atoms with Crippen molar-refractivity contribution in [3.63, 3.8) is 0 Å². The van der Waals surface area contributed by atoms with Gasteiger partial charge in [-0.2, -0.15) is 5.10 Å². The molecule has 1 aliphatic rings. The Balaban J connectivity index is 1.78. The van der Waals surface area contributed by atoms with Gasteiger partial charge in [0.15, 0.2) is 0 Å². The molecule has 0 bridgehead atoms. The molecule has 2 aromatic rings. The van der Waals surface area contributed by atoms with Gasteiger partial charge in [0.2, 0.25) is 0 Å². The number of carbonyl (C=O) groups is 1. The highest BCUT2D eigenvalue weighted by atomic mass is 16.3. The van der Waals surface area contributed by atoms with Crippen LogP contribution in [0.4, 0.5) is 0 Å². The number of nitrogens with zero attached hydrogens (tertiary/aromatic N) is 2. The molecule has 1 unspecified atom stereocenters. The molecule has 0 saturated carbocycles. The second kappa shape index (κ2) is 6.24. The van der Waals surface area contributed by atoms with Crippen LogP contribution in [0.1, 0.15) is 23.2 Å². The third-order valence-corrected chi connectivity index (χ3v) is 3.95. The molecule has 0 radical (unpaired) electrons. The average molecular weight is 288 g/mol. The number of benzene rings is 1. The smallest absolute Gasteiger partial charge is 0.254 e. The molecule has 21 heavy (non-hydrogen) atoms. The Morgan fingerprint density at radius 1 is 1.48 bits per heavy atom. The van der Waals surface area contributed by atoms with Gasteiger partial charge in [0.1, 0.15) is 0 Å². The van der Waals surface area contributed by atoms with E-state index in [-0.39, 0.29) is 12.5 Å². The molecule has 1 amide bonds. The van der Waals surface area contributed by atoms with Crippen molar-refractivity contribution in [2.75, 3.05) is 26.2 Å². The zero-order valence-electron chi connectivity index (χ0n) is 11.9. The normalized spacial score (nSPS) is 18.2. The van der Waals surface area contributed by atoms with Gasteiger partial charge < -0.3 is 15.3 Å². The van der Waals surface area contributed by atoms with Gasteiger partial charge in [0.05, 0.1) is 18.3 Å². The largest absolute Gasteiger partial charge is 0.395 e. The topological polar surface area (TPSA) is 81.2 Å². The monoisotopic (exact) mass is 288 g/mol. The molecule has 112 valence electrons. The Morgan fingerprint density at radius 2 is 2.38 bits per heavy atom. The predicted molar refractivity (Wildman–Crippen MR) is 80.1 cm³/mol. The first-order valence-corrected chi connectivity index (χ1v) is 7.34. The molecule has 2 heterocycles. The van der Waals surface area contributed by atoms with Crippen LogP contribution in [-0.4, -0.2) is 58.4 Å². The molecule has 1 saturated heterocycles. The zero-order chi connectivity index (χ0) is 14.7. The summed E-state index contributed by atoms with van der Waals surface area (Å²) in [5.41, 5.74) is 1.47. The minimum Gasteiger partial charge on any atom is -0.395 e. The lowest BCUT2D eigenvalue weighted by Crippen LogP contribution is -2.42. The first-order valence-electron chi connectivity index (χ1n) is 7.34. The number of aromatic nitrogens is 2. The molecule has 1 atom stereocenters. The Hall–Kier alpha value is -1.92. The fraction of sp³-hybridized carbons (Fsp3) is 0.467. The number of hydrogen-bond donors (Lipinski definition) is 3. The van der Waals surface area contributed by atoms with Gasteiger partial charge in [0.25, 0.3) is 5.91 Å². The van der Waals surface area contributed by atoms with E-state index in [1.54, 1.807) is 11.1 Å². The molecule has 6 heteroatoms. The number of amides is 1. The second-order valence-corrected chi connectivity index (χ2v) is 5.44. The van der Waals surface area contributed by atoms with E-state index in [4.69, 9.17) is 0 Å². The van der Waals surface area contributed by atoms with Crippen LogP contribution >= 0.6 is 0 Å². The van der Waals surface area contributed by atoms with Crippen molar-refractivity contribution in [2.24, 2.45) is 0 Å². The Kier molecular flexibility index (Phi) is 4.17. The van der Waals surface area contributed by atoms with Crippen LogP contribution in [-0.2, 0) is 0 Å². The molecule has 6 nitrogen and oxygen atoms in total. The molecular formula is C15H20N4O2. The minimum absolute atomic E-state index is 0.0231. The minimum atomic E-state index is -0.0470. The molecule has 1 fully saturated rings. The summed E-state index contributed by atoms with van der Waals surface area (Å²) in [6, 6.07) is 5.84. The van der Waals surface area contributed by atoms with E-state index in [0.29, 0.717) is 24.7 Å². The van der Waals surface area contributed by atoms with Crippen LogP contribution in [0.5, 0.6) is 0 Å². The number of H-pyrrole nitrogens is 1. The summed E-state index contributed by atoms with van der Waals surface area (Å²) in [4.78, 5) is 14.4. The van der Waals surface area contributed by atoms with Crippen molar-refractivity contribution < 1.29 is 9.90 Å². The number of hydrogen-bond acceptors (Lipinski definition) is 4. The van der Waals surface area contributed by atoms with E-state index in [1.807, 2.05) is 18.2 Å². The number of nitrogens with one attached hydrogen (secondary N) is 2. The van der Waals surface area contributed by atoms with Gasteiger partial charge >= 0.3 is 0 Å². The summed E-state index contributed by atoms with van der Waals surface area (Å²) in [5.74, 6) is -0.0470. The molecule has 3 N–H and O–H groups in total. The summed E-state index contributed by atoms with van der Waals surface area (Å²) in [7, 11) is 0. The van der Waals surface area contributed by atoms with Crippen LogP contribution in [0, 0.1) is 0 Å². The molecule has 1 aromatic carbocycles. The van der Waals surface area contributed by atoms with E-state index in [1.165, 1.54) is 0 Å². The lowest BCUT2D eigenvalue weighted by Gasteiger charge is -2.25. The maximum Gasteiger partial charge on any atom is 0.254 e. The van der Waals surface area contributed by atoms with Crippen molar-refractivity contribution in [3.8, 4) is 0 Å². The first kappa shape index (κ1) is 14.0. The van der Waals surface area contributed by atoms with E-state index in [0.717, 1.165) is 30.3 Å². The third-order valence-electron chi connectivity index (χ3n) is 3.95. The second-order valence-electron chi connectivity index (χ2n) is 5.44. The number of aliphatic hydroxyl groups excluding tert-OH is 1. The van der Waals surface area contributed by atoms with Gasteiger partial charge in [-0.25, -0.2) is 0 Å². The average Bonchev–Trinajstić information content (AvgIpc) is 3.16. The van der Waals surface area contributed by atoms with E-state index < -0.39 is 0 Å². The van der Waals surface area contributed by atoms with E-state index in [2.05, 4.69) is 15.5 Å². The number of fused-ring (bicyclic) bond motifs is 1. The van der Waals surface area contributed by atoms with Crippen LogP contribution in [0.3, 0.4) is 0 Å². The SMILES string of the molecule is O=C(c1ccc2cn[nH]c2c1)N(CCO)CC1CCCN1. The fourth-order valence-electron chi connectivity index (χ4n) is 2.83. The van der Waals surface area contributed by atoms with Crippen molar-refractivity contribution >= 4 is 16.8 Å². The van der Waals surface area contributed by atoms with Crippen molar-refractivity contribution in [1.29, 1.82) is 0 Å². The number of aromatic amines is 1. The predicted octanol–water partition coefficient (Wildman–Crippen LogP) is 0.749. The van der Waals surface area contributed by atoms with Crippen molar-refractivity contribution in [1.82, 2.24) is 20.4 Å². The standard InChI is InChI=1S/C15H20N4O2/c20-7-6-19(10-13-2-1-5-16-13)15(21)11-3-4-12-9-17-18-14(12)8-11/h3-4,8-9,13,16,20H,1-2,5-7,10H2,(H,17,18). The number of rotatable bonds is 5. The molecule has 0 spiro atoms. The van der Waals surface area contributed by atoms with Crippen LogP contribution < -0.4 is 5.32 Å². The Labute approximate surface area is 123 Å². The molecule has 0 aliphatic carbocycles. The van der Waals surface area contributed by atoms with Crippen LogP contribution in [0.25, 0.3) is 10.9 Å².